The summed E-state index contributed by atoms with van der Waals surface area (Å²) in [4.78, 5) is 24.5. The van der Waals surface area contributed by atoms with Crippen LogP contribution in [0, 0.1) is 0 Å². The molecule has 4 rings (SSSR count). The lowest BCUT2D eigenvalue weighted by molar-refractivity contribution is -0.124. The van der Waals surface area contributed by atoms with Crippen molar-refractivity contribution in [3.8, 4) is 11.6 Å². The molecule has 3 N–H and O–H groups in total. The molecule has 1 atom stereocenters. The van der Waals surface area contributed by atoms with E-state index < -0.39 is 17.5 Å². The Hall–Kier alpha value is -3.19. The van der Waals surface area contributed by atoms with Gasteiger partial charge in [-0.3, -0.25) is 10.1 Å². The van der Waals surface area contributed by atoms with Gasteiger partial charge >= 0.3 is 6.03 Å². The molecule has 7 nitrogen and oxygen atoms in total. The molecule has 1 fully saturated rings. The molecule has 3 amide bonds. The van der Waals surface area contributed by atoms with Crippen molar-refractivity contribution in [3.63, 3.8) is 0 Å². The minimum absolute atomic E-state index is 0.00896. The van der Waals surface area contributed by atoms with Crippen molar-refractivity contribution < 1.29 is 19.4 Å². The molecule has 27 heavy (non-hydrogen) atoms. The van der Waals surface area contributed by atoms with Crippen LogP contribution in [0.4, 0.5) is 4.79 Å². The number of aromatic nitrogens is 1. The number of halogens is 1. The number of fused-ring (bicyclic) bond motifs is 1. The van der Waals surface area contributed by atoms with Crippen molar-refractivity contribution in [2.75, 3.05) is 7.11 Å². The van der Waals surface area contributed by atoms with Crippen LogP contribution in [0.1, 0.15) is 5.56 Å². The zero-order chi connectivity index (χ0) is 19.2. The quantitative estimate of drug-likeness (QED) is 0.602. The maximum atomic E-state index is 12.7. The highest BCUT2D eigenvalue weighted by Crippen LogP contribution is 2.37. The molecule has 0 radical (unpaired) electrons. The van der Waals surface area contributed by atoms with Gasteiger partial charge in [0, 0.05) is 17.0 Å². The molecule has 0 aliphatic carbocycles. The van der Waals surface area contributed by atoms with E-state index in [-0.39, 0.29) is 12.4 Å². The third-order valence-electron chi connectivity index (χ3n) is 4.75. The standard InChI is InChI=1S/C19H16ClN3O4/c1-27-15-7-11-9-23(16(24)13(11)8-14(15)20)10-19(12-5-3-2-4-6-12)17(25)21-18(26)22-19/h2-9,24H,10H2,1H3,(H2,21,22,25,26). The molecule has 2 aromatic carbocycles. The van der Waals surface area contributed by atoms with E-state index in [4.69, 9.17) is 16.3 Å². The van der Waals surface area contributed by atoms with Crippen LogP contribution in [0.3, 0.4) is 0 Å². The first-order valence-corrected chi connectivity index (χ1v) is 8.57. The molecule has 0 saturated carbocycles. The molecular formula is C19H16ClN3O4. The van der Waals surface area contributed by atoms with Gasteiger partial charge in [-0.05, 0) is 17.7 Å². The van der Waals surface area contributed by atoms with Gasteiger partial charge in [0.25, 0.3) is 5.91 Å². The van der Waals surface area contributed by atoms with Crippen LogP contribution >= 0.6 is 11.6 Å². The van der Waals surface area contributed by atoms with E-state index in [1.165, 1.54) is 11.7 Å². The second-order valence-electron chi connectivity index (χ2n) is 6.33. The summed E-state index contributed by atoms with van der Waals surface area (Å²) in [6, 6.07) is 11.6. The van der Waals surface area contributed by atoms with Crippen LogP contribution in [0.15, 0.2) is 48.7 Å². The van der Waals surface area contributed by atoms with E-state index >= 15 is 0 Å². The Kier molecular flexibility index (Phi) is 3.96. The number of methoxy groups -OCH3 is 1. The summed E-state index contributed by atoms with van der Waals surface area (Å²) in [5.74, 6) is -0.0590. The highest BCUT2D eigenvalue weighted by Gasteiger charge is 2.48. The minimum atomic E-state index is -1.33. The van der Waals surface area contributed by atoms with E-state index in [9.17, 15) is 14.7 Å². The number of aromatic hydroxyl groups is 1. The molecule has 1 aliphatic rings. The first-order chi connectivity index (χ1) is 12.9. The number of carbonyl (C=O) groups excluding carboxylic acids is 2. The lowest BCUT2D eigenvalue weighted by Gasteiger charge is -2.27. The van der Waals surface area contributed by atoms with Gasteiger partial charge in [-0.2, -0.15) is 0 Å². The van der Waals surface area contributed by atoms with E-state index in [2.05, 4.69) is 10.6 Å². The average Bonchev–Trinajstić information content (AvgIpc) is 3.12. The van der Waals surface area contributed by atoms with Crippen LogP contribution < -0.4 is 15.4 Å². The largest absolute Gasteiger partial charge is 0.495 e. The SMILES string of the molecule is COc1cc2cn(CC3(c4ccccc4)NC(=O)NC3=O)c(O)c2cc1Cl. The average molecular weight is 386 g/mol. The Morgan fingerprint density at radius 1 is 1.22 bits per heavy atom. The van der Waals surface area contributed by atoms with Crippen molar-refractivity contribution in [1.29, 1.82) is 0 Å². The van der Waals surface area contributed by atoms with Gasteiger partial charge < -0.3 is 19.7 Å². The monoisotopic (exact) mass is 385 g/mol. The predicted molar refractivity (Wildman–Crippen MR) is 100.0 cm³/mol. The number of hydrogen-bond donors (Lipinski definition) is 3. The second-order valence-corrected chi connectivity index (χ2v) is 6.74. The number of imide groups is 1. The van der Waals surface area contributed by atoms with Gasteiger partial charge in [-0.1, -0.05) is 41.9 Å². The third kappa shape index (κ3) is 2.67. The van der Waals surface area contributed by atoms with Gasteiger partial charge in [0.05, 0.1) is 18.7 Å². The molecule has 1 unspecified atom stereocenters. The summed E-state index contributed by atoms with van der Waals surface area (Å²) in [5.41, 5.74) is -0.722. The fraction of sp³-hybridized carbons (Fsp3) is 0.158. The summed E-state index contributed by atoms with van der Waals surface area (Å²) < 4.78 is 6.72. The van der Waals surface area contributed by atoms with Gasteiger partial charge in [0.2, 0.25) is 0 Å². The normalized spacial score (nSPS) is 19.2. The lowest BCUT2D eigenvalue weighted by atomic mass is 9.90. The maximum absolute atomic E-state index is 12.7. The molecule has 0 bridgehead atoms. The Morgan fingerprint density at radius 2 is 1.96 bits per heavy atom. The number of hydrogen-bond acceptors (Lipinski definition) is 4. The maximum Gasteiger partial charge on any atom is 0.322 e. The lowest BCUT2D eigenvalue weighted by Crippen LogP contribution is -2.47. The molecule has 0 spiro atoms. The van der Waals surface area contributed by atoms with Crippen LogP contribution in [0.2, 0.25) is 5.02 Å². The number of urea groups is 1. The van der Waals surface area contributed by atoms with Crippen molar-refractivity contribution in [1.82, 2.24) is 15.2 Å². The number of rotatable bonds is 4. The number of nitrogens with one attached hydrogen (secondary N) is 2. The van der Waals surface area contributed by atoms with E-state index in [1.54, 1.807) is 42.6 Å². The van der Waals surface area contributed by atoms with E-state index in [1.807, 2.05) is 6.07 Å². The van der Waals surface area contributed by atoms with Gasteiger partial charge in [0.1, 0.15) is 5.75 Å². The fourth-order valence-electron chi connectivity index (χ4n) is 3.41. The van der Waals surface area contributed by atoms with Crippen molar-refractivity contribution in [3.05, 3.63) is 59.2 Å². The number of amides is 3. The molecule has 2 heterocycles. The number of nitrogens with zero attached hydrogens (tertiary/aromatic N) is 1. The Balaban J connectivity index is 1.84. The summed E-state index contributed by atoms with van der Waals surface area (Å²) in [7, 11) is 1.51. The zero-order valence-electron chi connectivity index (χ0n) is 14.3. The molecule has 1 saturated heterocycles. The number of carbonyl (C=O) groups is 2. The molecule has 1 aliphatic heterocycles. The van der Waals surface area contributed by atoms with Gasteiger partial charge in [-0.25, -0.2) is 4.79 Å². The molecular weight excluding hydrogens is 370 g/mol. The van der Waals surface area contributed by atoms with Crippen LogP contribution in [-0.4, -0.2) is 28.7 Å². The first kappa shape index (κ1) is 17.2. The topological polar surface area (TPSA) is 92.6 Å². The van der Waals surface area contributed by atoms with Crippen LogP contribution in [-0.2, 0) is 16.9 Å². The summed E-state index contributed by atoms with van der Waals surface area (Å²) in [5, 5.41) is 17.2. The summed E-state index contributed by atoms with van der Waals surface area (Å²) >= 11 is 6.15. The number of ether oxygens (including phenoxy) is 1. The summed E-state index contributed by atoms with van der Waals surface area (Å²) in [6.45, 7) is 0.00896. The highest BCUT2D eigenvalue weighted by atomic mass is 35.5. The second kappa shape index (κ2) is 6.21. The van der Waals surface area contributed by atoms with Gasteiger partial charge in [0.15, 0.2) is 11.4 Å². The van der Waals surface area contributed by atoms with Crippen LogP contribution in [0.5, 0.6) is 11.6 Å². The van der Waals surface area contributed by atoms with Crippen molar-refractivity contribution in [2.45, 2.75) is 12.1 Å². The Bertz CT molecular complexity index is 1060. The molecule has 138 valence electrons. The Labute approximate surface area is 159 Å². The fourth-order valence-corrected chi connectivity index (χ4v) is 3.65. The smallest absolute Gasteiger partial charge is 0.322 e. The molecule has 3 aromatic rings. The Morgan fingerprint density at radius 3 is 2.59 bits per heavy atom. The van der Waals surface area contributed by atoms with Crippen LogP contribution in [0.25, 0.3) is 10.8 Å². The third-order valence-corrected chi connectivity index (χ3v) is 5.04. The zero-order valence-corrected chi connectivity index (χ0v) is 15.1. The van der Waals surface area contributed by atoms with E-state index in [0.29, 0.717) is 27.1 Å². The number of benzene rings is 2. The highest BCUT2D eigenvalue weighted by molar-refractivity contribution is 6.33. The van der Waals surface area contributed by atoms with Crippen molar-refractivity contribution in [2.24, 2.45) is 0 Å². The minimum Gasteiger partial charge on any atom is -0.495 e. The predicted octanol–water partition coefficient (Wildman–Crippen LogP) is 2.74. The van der Waals surface area contributed by atoms with Crippen molar-refractivity contribution >= 4 is 34.3 Å². The van der Waals surface area contributed by atoms with E-state index in [0.717, 1.165) is 0 Å². The summed E-state index contributed by atoms with van der Waals surface area (Å²) in [6.07, 6.45) is 1.69. The van der Waals surface area contributed by atoms with Gasteiger partial charge in [-0.15, -0.1) is 0 Å². The molecule has 8 heteroatoms. The molecule has 1 aromatic heterocycles. The first-order valence-electron chi connectivity index (χ1n) is 8.19.